The Labute approximate surface area is 144 Å². The average Bonchev–Trinajstić information content (AvgIpc) is 2.92. The lowest BCUT2D eigenvalue weighted by atomic mass is 9.95. The van der Waals surface area contributed by atoms with Crippen LogP contribution in [0.1, 0.15) is 23.6 Å². The van der Waals surface area contributed by atoms with Gasteiger partial charge < -0.3 is 14.8 Å². The number of benzene rings is 2. The summed E-state index contributed by atoms with van der Waals surface area (Å²) in [6, 6.07) is 16.9. The van der Waals surface area contributed by atoms with E-state index in [0.717, 1.165) is 49.7 Å². The van der Waals surface area contributed by atoms with Gasteiger partial charge in [0.25, 0.3) is 0 Å². The van der Waals surface area contributed by atoms with Crippen molar-refractivity contribution in [2.24, 2.45) is 0 Å². The fourth-order valence-electron chi connectivity index (χ4n) is 3.40. The van der Waals surface area contributed by atoms with Gasteiger partial charge in [0.2, 0.25) is 0 Å². The van der Waals surface area contributed by atoms with Gasteiger partial charge in [0, 0.05) is 25.2 Å². The van der Waals surface area contributed by atoms with Crippen molar-refractivity contribution in [1.29, 1.82) is 0 Å². The van der Waals surface area contributed by atoms with E-state index in [1.54, 1.807) is 14.2 Å². The van der Waals surface area contributed by atoms with E-state index in [-0.39, 0.29) is 6.04 Å². The van der Waals surface area contributed by atoms with Gasteiger partial charge in [0.15, 0.2) is 0 Å². The molecular formula is C20H26N2O2. The molecule has 0 bridgehead atoms. The molecule has 24 heavy (non-hydrogen) atoms. The minimum absolute atomic E-state index is 0.163. The van der Waals surface area contributed by atoms with Crippen molar-refractivity contribution in [2.75, 3.05) is 40.4 Å². The van der Waals surface area contributed by atoms with Crippen molar-refractivity contribution >= 4 is 0 Å². The molecule has 1 aliphatic rings. The van der Waals surface area contributed by atoms with Gasteiger partial charge in [-0.3, -0.25) is 4.90 Å². The highest BCUT2D eigenvalue weighted by Crippen LogP contribution is 2.37. The van der Waals surface area contributed by atoms with E-state index in [2.05, 4.69) is 46.6 Å². The second-order valence-electron chi connectivity index (χ2n) is 6.06. The average molecular weight is 326 g/mol. The molecule has 1 N–H and O–H groups in total. The smallest absolute Gasteiger partial charge is 0.124 e. The molecular weight excluding hydrogens is 300 g/mol. The van der Waals surface area contributed by atoms with Crippen molar-refractivity contribution in [3.05, 3.63) is 59.7 Å². The molecule has 1 aliphatic heterocycles. The van der Waals surface area contributed by atoms with Crippen LogP contribution in [0.5, 0.6) is 11.5 Å². The number of ether oxygens (including phenoxy) is 2. The van der Waals surface area contributed by atoms with Crippen LogP contribution in [0.15, 0.2) is 48.5 Å². The van der Waals surface area contributed by atoms with E-state index in [1.165, 1.54) is 5.56 Å². The van der Waals surface area contributed by atoms with Gasteiger partial charge in [-0.2, -0.15) is 0 Å². The number of rotatable bonds is 5. The lowest BCUT2D eigenvalue weighted by molar-refractivity contribution is 0.235. The van der Waals surface area contributed by atoms with Crippen LogP contribution in [0, 0.1) is 0 Å². The van der Waals surface area contributed by atoms with Crippen molar-refractivity contribution < 1.29 is 9.47 Å². The van der Waals surface area contributed by atoms with Gasteiger partial charge in [-0.25, -0.2) is 0 Å². The minimum atomic E-state index is 0.163. The highest BCUT2D eigenvalue weighted by atomic mass is 16.5. The topological polar surface area (TPSA) is 33.7 Å². The fourth-order valence-corrected chi connectivity index (χ4v) is 3.40. The number of hydrogen-bond acceptors (Lipinski definition) is 4. The summed E-state index contributed by atoms with van der Waals surface area (Å²) in [6.07, 6.45) is 1.15. The van der Waals surface area contributed by atoms with Gasteiger partial charge in [0.05, 0.1) is 20.3 Å². The van der Waals surface area contributed by atoms with Gasteiger partial charge in [-0.05, 0) is 36.7 Å². The summed E-state index contributed by atoms with van der Waals surface area (Å²) in [6.45, 7) is 4.16. The van der Waals surface area contributed by atoms with Crippen LogP contribution in [-0.4, -0.2) is 45.3 Å². The first-order valence-corrected chi connectivity index (χ1v) is 8.55. The Kier molecular flexibility index (Phi) is 5.72. The predicted molar refractivity (Wildman–Crippen MR) is 96.9 cm³/mol. The highest BCUT2D eigenvalue weighted by Gasteiger charge is 2.26. The van der Waals surface area contributed by atoms with Crippen LogP contribution in [0.3, 0.4) is 0 Å². The largest absolute Gasteiger partial charge is 0.497 e. The van der Waals surface area contributed by atoms with Gasteiger partial charge in [0.1, 0.15) is 11.5 Å². The molecule has 1 unspecified atom stereocenters. The van der Waals surface area contributed by atoms with Crippen molar-refractivity contribution in [3.8, 4) is 11.5 Å². The quantitative estimate of drug-likeness (QED) is 0.915. The SMILES string of the molecule is COc1ccc(OC)c(C(c2ccccc2)N2CCCNCC2)c1. The Hall–Kier alpha value is -2.04. The summed E-state index contributed by atoms with van der Waals surface area (Å²) in [5.41, 5.74) is 2.44. The van der Waals surface area contributed by atoms with E-state index >= 15 is 0 Å². The Morgan fingerprint density at radius 2 is 1.79 bits per heavy atom. The number of hydrogen-bond donors (Lipinski definition) is 1. The molecule has 4 heteroatoms. The van der Waals surface area contributed by atoms with E-state index in [0.29, 0.717) is 0 Å². The van der Waals surface area contributed by atoms with E-state index in [1.807, 2.05) is 12.1 Å². The molecule has 2 aromatic rings. The summed E-state index contributed by atoms with van der Waals surface area (Å²) < 4.78 is 11.1. The zero-order valence-electron chi connectivity index (χ0n) is 14.5. The summed E-state index contributed by atoms with van der Waals surface area (Å²) in [4.78, 5) is 2.53. The Balaban J connectivity index is 2.07. The maximum atomic E-state index is 5.67. The van der Waals surface area contributed by atoms with Gasteiger partial charge >= 0.3 is 0 Å². The summed E-state index contributed by atoms with van der Waals surface area (Å²) in [7, 11) is 3.44. The molecule has 1 atom stereocenters. The number of nitrogens with zero attached hydrogens (tertiary/aromatic N) is 1. The van der Waals surface area contributed by atoms with Crippen LogP contribution in [-0.2, 0) is 0 Å². The van der Waals surface area contributed by atoms with Crippen LogP contribution < -0.4 is 14.8 Å². The van der Waals surface area contributed by atoms with E-state index in [4.69, 9.17) is 9.47 Å². The molecule has 4 nitrogen and oxygen atoms in total. The summed E-state index contributed by atoms with van der Waals surface area (Å²) in [5, 5.41) is 3.49. The Morgan fingerprint density at radius 3 is 2.54 bits per heavy atom. The zero-order valence-corrected chi connectivity index (χ0v) is 14.5. The third-order valence-electron chi connectivity index (χ3n) is 4.59. The minimum Gasteiger partial charge on any atom is -0.497 e. The first-order valence-electron chi connectivity index (χ1n) is 8.55. The first-order chi connectivity index (χ1) is 11.8. The molecule has 2 aromatic carbocycles. The second kappa shape index (κ2) is 8.18. The monoisotopic (exact) mass is 326 g/mol. The van der Waals surface area contributed by atoms with Crippen LogP contribution in [0.25, 0.3) is 0 Å². The van der Waals surface area contributed by atoms with Crippen LogP contribution in [0.4, 0.5) is 0 Å². The molecule has 0 aromatic heterocycles. The van der Waals surface area contributed by atoms with Gasteiger partial charge in [-0.15, -0.1) is 0 Å². The van der Waals surface area contributed by atoms with E-state index in [9.17, 15) is 0 Å². The standard InChI is InChI=1S/C20H26N2O2/c1-23-17-9-10-19(24-2)18(15-17)20(16-7-4-3-5-8-16)22-13-6-11-21-12-14-22/h3-5,7-10,15,20-21H,6,11-14H2,1-2H3. The summed E-state index contributed by atoms with van der Waals surface area (Å²) in [5.74, 6) is 1.77. The van der Waals surface area contributed by atoms with Crippen molar-refractivity contribution in [2.45, 2.75) is 12.5 Å². The fraction of sp³-hybridized carbons (Fsp3) is 0.400. The van der Waals surface area contributed by atoms with Crippen molar-refractivity contribution in [1.82, 2.24) is 10.2 Å². The normalized spacial score (nSPS) is 17.1. The molecule has 1 saturated heterocycles. The lowest BCUT2D eigenvalue weighted by Gasteiger charge is -2.32. The third-order valence-corrected chi connectivity index (χ3v) is 4.59. The van der Waals surface area contributed by atoms with Crippen LogP contribution >= 0.6 is 0 Å². The molecule has 128 valence electrons. The predicted octanol–water partition coefficient (Wildman–Crippen LogP) is 3.09. The maximum absolute atomic E-state index is 5.67. The molecule has 0 radical (unpaired) electrons. The molecule has 1 heterocycles. The highest BCUT2D eigenvalue weighted by molar-refractivity contribution is 5.46. The van der Waals surface area contributed by atoms with Crippen LogP contribution in [0.2, 0.25) is 0 Å². The Morgan fingerprint density at radius 1 is 0.958 bits per heavy atom. The number of nitrogens with one attached hydrogen (secondary N) is 1. The molecule has 0 saturated carbocycles. The molecule has 0 spiro atoms. The zero-order chi connectivity index (χ0) is 16.8. The maximum Gasteiger partial charge on any atom is 0.124 e. The van der Waals surface area contributed by atoms with E-state index < -0.39 is 0 Å². The molecule has 1 fully saturated rings. The van der Waals surface area contributed by atoms with Gasteiger partial charge in [-0.1, -0.05) is 30.3 Å². The second-order valence-corrected chi connectivity index (χ2v) is 6.06. The molecule has 0 aliphatic carbocycles. The number of methoxy groups -OCH3 is 2. The first kappa shape index (κ1) is 16.8. The summed E-state index contributed by atoms with van der Waals surface area (Å²) >= 11 is 0. The lowest BCUT2D eigenvalue weighted by Crippen LogP contribution is -2.33. The Bertz CT molecular complexity index is 637. The van der Waals surface area contributed by atoms with Crippen molar-refractivity contribution in [3.63, 3.8) is 0 Å². The molecule has 3 rings (SSSR count). The third kappa shape index (κ3) is 3.71. The molecule has 0 amide bonds.